The summed E-state index contributed by atoms with van der Waals surface area (Å²) in [5.41, 5.74) is 0. The molecule has 1 unspecified atom stereocenters. The summed E-state index contributed by atoms with van der Waals surface area (Å²) in [6, 6.07) is 0. The molecule has 0 aromatic heterocycles. The predicted molar refractivity (Wildman–Crippen MR) is 173 cm³/mol. The molecule has 2 N–H and O–H groups in total. The molecule has 0 aromatic rings. The van der Waals surface area contributed by atoms with E-state index in [2.05, 4.69) is 26.0 Å². The molecular formula is C36H68O5. The molecule has 5 heteroatoms. The number of unbranched alkanes of at least 4 members (excludes halogenated alkanes) is 18. The number of esters is 1. The summed E-state index contributed by atoms with van der Waals surface area (Å²) in [7, 11) is 0. The number of aliphatic carboxylic acids is 1. The lowest BCUT2D eigenvalue weighted by molar-refractivity contribution is -0.150. The average Bonchev–Trinajstić information content (AvgIpc) is 2.95. The molecule has 242 valence electrons. The van der Waals surface area contributed by atoms with Crippen LogP contribution in [-0.4, -0.2) is 34.4 Å². The fourth-order valence-corrected chi connectivity index (χ4v) is 5.37. The second-order valence-corrected chi connectivity index (χ2v) is 12.2. The van der Waals surface area contributed by atoms with Gasteiger partial charge in [0.05, 0.1) is 6.10 Å². The fraction of sp³-hybridized carbons (Fsp3) is 0.889. The van der Waals surface area contributed by atoms with E-state index in [9.17, 15) is 14.7 Å². The van der Waals surface area contributed by atoms with Crippen molar-refractivity contribution in [2.75, 3.05) is 0 Å². The number of hydrogen-bond donors (Lipinski definition) is 2. The van der Waals surface area contributed by atoms with Crippen molar-refractivity contribution >= 4 is 11.9 Å². The molecule has 0 aliphatic carbocycles. The minimum atomic E-state index is -0.689. The highest BCUT2D eigenvalue weighted by atomic mass is 16.5. The maximum atomic E-state index is 12.5. The Labute approximate surface area is 254 Å². The van der Waals surface area contributed by atoms with Gasteiger partial charge in [0.2, 0.25) is 0 Å². The van der Waals surface area contributed by atoms with Crippen molar-refractivity contribution in [3.8, 4) is 0 Å². The summed E-state index contributed by atoms with van der Waals surface area (Å²) in [5, 5.41) is 18.7. The van der Waals surface area contributed by atoms with E-state index in [1.165, 1.54) is 83.5 Å². The van der Waals surface area contributed by atoms with E-state index in [0.717, 1.165) is 83.5 Å². The van der Waals surface area contributed by atoms with E-state index in [-0.39, 0.29) is 18.2 Å². The Morgan fingerprint density at radius 2 is 1.05 bits per heavy atom. The quantitative estimate of drug-likeness (QED) is 0.0469. The van der Waals surface area contributed by atoms with Crippen LogP contribution < -0.4 is 0 Å². The van der Waals surface area contributed by atoms with Gasteiger partial charge >= 0.3 is 11.9 Å². The topological polar surface area (TPSA) is 83.8 Å². The highest BCUT2D eigenvalue weighted by Crippen LogP contribution is 2.18. The smallest absolute Gasteiger partial charge is 0.306 e. The summed E-state index contributed by atoms with van der Waals surface area (Å²) in [4.78, 5) is 23.1. The zero-order chi connectivity index (χ0) is 30.2. The van der Waals surface area contributed by atoms with Crippen LogP contribution in [0.4, 0.5) is 0 Å². The number of carboxylic acid groups (broad SMARTS) is 1. The van der Waals surface area contributed by atoms with Gasteiger partial charge in [-0.1, -0.05) is 129 Å². The summed E-state index contributed by atoms with van der Waals surface area (Å²) >= 11 is 0. The molecule has 0 aliphatic heterocycles. The molecule has 0 aliphatic rings. The van der Waals surface area contributed by atoms with Crippen molar-refractivity contribution in [1.82, 2.24) is 0 Å². The fourth-order valence-electron chi connectivity index (χ4n) is 5.37. The molecule has 41 heavy (non-hydrogen) atoms. The van der Waals surface area contributed by atoms with E-state index < -0.39 is 5.97 Å². The van der Waals surface area contributed by atoms with E-state index in [1.54, 1.807) is 0 Å². The molecule has 2 atom stereocenters. The normalized spacial score (nSPS) is 13.0. The van der Waals surface area contributed by atoms with Crippen LogP contribution >= 0.6 is 0 Å². The number of carbonyl (C=O) groups excluding carboxylic acids is 1. The first-order valence-corrected chi connectivity index (χ1v) is 17.7. The molecule has 0 fully saturated rings. The molecule has 0 radical (unpaired) electrons. The third-order valence-corrected chi connectivity index (χ3v) is 8.06. The zero-order valence-corrected chi connectivity index (χ0v) is 27.2. The maximum Gasteiger partial charge on any atom is 0.306 e. The summed E-state index contributed by atoms with van der Waals surface area (Å²) in [5.74, 6) is -0.700. The van der Waals surface area contributed by atoms with Gasteiger partial charge in [0, 0.05) is 12.8 Å². The lowest BCUT2D eigenvalue weighted by atomic mass is 10.0. The molecule has 0 spiro atoms. The number of carbonyl (C=O) groups is 2. The second-order valence-electron chi connectivity index (χ2n) is 12.2. The maximum absolute atomic E-state index is 12.5. The molecule has 0 heterocycles. The van der Waals surface area contributed by atoms with Crippen molar-refractivity contribution in [3.63, 3.8) is 0 Å². The largest absolute Gasteiger partial charge is 0.481 e. The molecule has 0 saturated heterocycles. The van der Waals surface area contributed by atoms with Crippen LogP contribution in [0.1, 0.15) is 194 Å². The Kier molecular flexibility index (Phi) is 30.5. The number of rotatable bonds is 32. The van der Waals surface area contributed by atoms with Crippen LogP contribution in [0.2, 0.25) is 0 Å². The standard InChI is InChI=1S/C36H68O5/c1-3-5-7-21-27-33(37)28-22-17-13-9-12-16-20-26-32-36(40)41-34(29-23-8-6-4-2)30-24-18-14-10-11-15-19-25-31-35(38)39/h17,22,33-34,37H,3-16,18-21,23-32H2,1-2H3,(H,38,39)/b22-17-/t33-,34?/m1/s1. The van der Waals surface area contributed by atoms with Crippen LogP contribution in [0, 0.1) is 0 Å². The first-order chi connectivity index (χ1) is 20.0. The summed E-state index contributed by atoms with van der Waals surface area (Å²) in [6.07, 6.45) is 34.0. The Bertz CT molecular complexity index is 603. The van der Waals surface area contributed by atoms with Crippen molar-refractivity contribution in [1.29, 1.82) is 0 Å². The molecule has 0 aromatic carbocycles. The van der Waals surface area contributed by atoms with Gasteiger partial charge in [-0.3, -0.25) is 9.59 Å². The van der Waals surface area contributed by atoms with Gasteiger partial charge < -0.3 is 14.9 Å². The van der Waals surface area contributed by atoms with Crippen LogP contribution in [0.3, 0.4) is 0 Å². The SMILES string of the molecule is CCCCCCC(CCCCCCCCCCC(=O)O)OC(=O)CCCCCCC/C=C\C[C@H](O)CCCCCC. The monoisotopic (exact) mass is 581 g/mol. The molecular weight excluding hydrogens is 512 g/mol. The Morgan fingerprint density at radius 3 is 1.61 bits per heavy atom. The van der Waals surface area contributed by atoms with Gasteiger partial charge in [0.15, 0.2) is 0 Å². The highest BCUT2D eigenvalue weighted by molar-refractivity contribution is 5.69. The Balaban J connectivity index is 3.89. The first-order valence-electron chi connectivity index (χ1n) is 17.7. The molecule has 0 bridgehead atoms. The van der Waals surface area contributed by atoms with Crippen molar-refractivity contribution < 1.29 is 24.5 Å². The summed E-state index contributed by atoms with van der Waals surface area (Å²) in [6.45, 7) is 4.44. The van der Waals surface area contributed by atoms with Crippen LogP contribution in [-0.2, 0) is 14.3 Å². The third-order valence-electron chi connectivity index (χ3n) is 8.06. The van der Waals surface area contributed by atoms with Crippen molar-refractivity contribution in [2.24, 2.45) is 0 Å². The second kappa shape index (κ2) is 31.6. The lowest BCUT2D eigenvalue weighted by Crippen LogP contribution is -2.18. The van der Waals surface area contributed by atoms with Crippen LogP contribution in [0.15, 0.2) is 12.2 Å². The van der Waals surface area contributed by atoms with Gasteiger partial charge in [0.1, 0.15) is 6.10 Å². The Morgan fingerprint density at radius 1 is 0.585 bits per heavy atom. The number of allylic oxidation sites excluding steroid dienone is 1. The predicted octanol–water partition coefficient (Wildman–Crippen LogP) is 10.9. The minimum absolute atomic E-state index is 0.0111. The minimum Gasteiger partial charge on any atom is -0.481 e. The van der Waals surface area contributed by atoms with E-state index in [0.29, 0.717) is 12.8 Å². The van der Waals surface area contributed by atoms with Crippen LogP contribution in [0.5, 0.6) is 0 Å². The Hall–Kier alpha value is -1.36. The van der Waals surface area contributed by atoms with Crippen molar-refractivity contribution in [2.45, 2.75) is 206 Å². The first kappa shape index (κ1) is 39.6. The number of aliphatic hydroxyl groups excluding tert-OH is 1. The third kappa shape index (κ3) is 31.4. The van der Waals surface area contributed by atoms with E-state index in [4.69, 9.17) is 9.84 Å². The average molecular weight is 581 g/mol. The van der Waals surface area contributed by atoms with Crippen molar-refractivity contribution in [3.05, 3.63) is 12.2 Å². The van der Waals surface area contributed by atoms with Gasteiger partial charge in [-0.25, -0.2) is 0 Å². The van der Waals surface area contributed by atoms with Gasteiger partial charge in [0.25, 0.3) is 0 Å². The number of hydrogen-bond acceptors (Lipinski definition) is 4. The van der Waals surface area contributed by atoms with E-state index in [1.807, 2.05) is 0 Å². The zero-order valence-electron chi connectivity index (χ0n) is 27.2. The van der Waals surface area contributed by atoms with Gasteiger partial charge in [-0.05, 0) is 64.2 Å². The number of aliphatic hydroxyl groups is 1. The molecule has 0 amide bonds. The number of carboxylic acids is 1. The molecule has 0 rings (SSSR count). The highest BCUT2D eigenvalue weighted by Gasteiger charge is 2.14. The van der Waals surface area contributed by atoms with Crippen LogP contribution in [0.25, 0.3) is 0 Å². The summed E-state index contributed by atoms with van der Waals surface area (Å²) < 4.78 is 5.93. The molecule has 5 nitrogen and oxygen atoms in total. The number of ether oxygens (including phenoxy) is 1. The lowest BCUT2D eigenvalue weighted by Gasteiger charge is -2.18. The van der Waals surface area contributed by atoms with E-state index >= 15 is 0 Å². The van der Waals surface area contributed by atoms with Gasteiger partial charge in [-0.15, -0.1) is 0 Å². The van der Waals surface area contributed by atoms with Gasteiger partial charge in [-0.2, -0.15) is 0 Å². The molecule has 0 saturated carbocycles.